The molecule has 2 aromatic rings. The first kappa shape index (κ1) is 18.3. The first-order valence-corrected chi connectivity index (χ1v) is 7.95. The SMILES string of the molecule is CCOc1cc(C(=O)Nc2cc(C(=O)NC)ccc2C)ccc1OC. The fourth-order valence-corrected chi connectivity index (χ4v) is 2.32. The number of nitrogens with one attached hydrogen (secondary N) is 2. The molecule has 0 saturated carbocycles. The van der Waals surface area contributed by atoms with Crippen LogP contribution in [0.15, 0.2) is 36.4 Å². The molecule has 25 heavy (non-hydrogen) atoms. The maximum absolute atomic E-state index is 12.6. The van der Waals surface area contributed by atoms with Crippen molar-refractivity contribution in [2.75, 3.05) is 26.1 Å². The van der Waals surface area contributed by atoms with Crippen LogP contribution >= 0.6 is 0 Å². The van der Waals surface area contributed by atoms with Gasteiger partial charge in [0.1, 0.15) is 0 Å². The van der Waals surface area contributed by atoms with Crippen molar-refractivity contribution in [3.8, 4) is 11.5 Å². The number of rotatable bonds is 6. The van der Waals surface area contributed by atoms with Crippen LogP contribution in [0, 0.1) is 6.92 Å². The highest BCUT2D eigenvalue weighted by molar-refractivity contribution is 6.06. The van der Waals surface area contributed by atoms with Crippen LogP contribution in [0.4, 0.5) is 5.69 Å². The smallest absolute Gasteiger partial charge is 0.255 e. The van der Waals surface area contributed by atoms with Crippen molar-refractivity contribution in [3.63, 3.8) is 0 Å². The zero-order chi connectivity index (χ0) is 18.4. The minimum atomic E-state index is -0.291. The Kier molecular flexibility index (Phi) is 6.00. The minimum absolute atomic E-state index is 0.210. The molecular formula is C19H22N2O4. The number of carbonyl (C=O) groups excluding carboxylic acids is 2. The molecule has 0 unspecified atom stereocenters. The minimum Gasteiger partial charge on any atom is -0.493 e. The van der Waals surface area contributed by atoms with Crippen LogP contribution in [-0.2, 0) is 0 Å². The normalized spacial score (nSPS) is 10.1. The van der Waals surface area contributed by atoms with Crippen molar-refractivity contribution < 1.29 is 19.1 Å². The van der Waals surface area contributed by atoms with Crippen LogP contribution in [0.3, 0.4) is 0 Å². The Hall–Kier alpha value is -3.02. The molecule has 0 heterocycles. The van der Waals surface area contributed by atoms with Crippen molar-refractivity contribution in [1.29, 1.82) is 0 Å². The Morgan fingerprint density at radius 2 is 1.68 bits per heavy atom. The Bertz CT molecular complexity index is 787. The van der Waals surface area contributed by atoms with E-state index < -0.39 is 0 Å². The molecule has 0 radical (unpaired) electrons. The molecule has 2 amide bonds. The van der Waals surface area contributed by atoms with Gasteiger partial charge in [-0.3, -0.25) is 9.59 Å². The molecule has 0 bridgehead atoms. The number of methoxy groups -OCH3 is 1. The molecule has 0 aliphatic rings. The number of hydrogen-bond donors (Lipinski definition) is 2. The van der Waals surface area contributed by atoms with Gasteiger partial charge >= 0.3 is 0 Å². The number of hydrogen-bond acceptors (Lipinski definition) is 4. The molecule has 132 valence electrons. The topological polar surface area (TPSA) is 76.7 Å². The van der Waals surface area contributed by atoms with Crippen molar-refractivity contribution >= 4 is 17.5 Å². The van der Waals surface area contributed by atoms with Gasteiger partial charge in [0.25, 0.3) is 11.8 Å². The zero-order valence-corrected chi connectivity index (χ0v) is 14.8. The predicted octanol–water partition coefficient (Wildman–Crippen LogP) is 3.01. The van der Waals surface area contributed by atoms with E-state index in [-0.39, 0.29) is 11.8 Å². The van der Waals surface area contributed by atoms with E-state index in [9.17, 15) is 9.59 Å². The summed E-state index contributed by atoms with van der Waals surface area (Å²) in [6.07, 6.45) is 0. The Balaban J connectivity index is 2.27. The van der Waals surface area contributed by atoms with E-state index in [0.717, 1.165) is 5.56 Å². The molecule has 0 fully saturated rings. The van der Waals surface area contributed by atoms with Crippen molar-refractivity contribution in [3.05, 3.63) is 53.1 Å². The second-order valence-electron chi connectivity index (χ2n) is 5.36. The lowest BCUT2D eigenvalue weighted by Crippen LogP contribution is -2.19. The molecule has 6 heteroatoms. The number of anilines is 1. The third kappa shape index (κ3) is 4.29. The third-order valence-corrected chi connectivity index (χ3v) is 3.70. The number of aryl methyl sites for hydroxylation is 1. The maximum Gasteiger partial charge on any atom is 0.255 e. The van der Waals surface area contributed by atoms with Crippen molar-refractivity contribution in [2.24, 2.45) is 0 Å². The average molecular weight is 342 g/mol. The van der Waals surface area contributed by atoms with Gasteiger partial charge in [-0.1, -0.05) is 6.07 Å². The zero-order valence-electron chi connectivity index (χ0n) is 14.8. The average Bonchev–Trinajstić information content (AvgIpc) is 2.63. The fourth-order valence-electron chi connectivity index (χ4n) is 2.32. The lowest BCUT2D eigenvalue weighted by atomic mass is 10.1. The molecule has 0 aliphatic heterocycles. The summed E-state index contributed by atoms with van der Waals surface area (Å²) in [5, 5.41) is 5.40. The van der Waals surface area contributed by atoms with Gasteiger partial charge in [-0.2, -0.15) is 0 Å². The molecule has 2 aromatic carbocycles. The summed E-state index contributed by atoms with van der Waals surface area (Å²) < 4.78 is 10.7. The van der Waals surface area contributed by atoms with E-state index in [2.05, 4.69) is 10.6 Å². The van der Waals surface area contributed by atoms with Gasteiger partial charge < -0.3 is 20.1 Å². The second kappa shape index (κ2) is 8.19. The van der Waals surface area contributed by atoms with Crippen molar-refractivity contribution in [1.82, 2.24) is 5.32 Å². The molecule has 0 aliphatic carbocycles. The van der Waals surface area contributed by atoms with Gasteiger partial charge in [-0.15, -0.1) is 0 Å². The highest BCUT2D eigenvalue weighted by atomic mass is 16.5. The van der Waals surface area contributed by atoms with Crippen molar-refractivity contribution in [2.45, 2.75) is 13.8 Å². The summed E-state index contributed by atoms with van der Waals surface area (Å²) >= 11 is 0. The van der Waals surface area contributed by atoms with E-state index in [4.69, 9.17) is 9.47 Å². The maximum atomic E-state index is 12.6. The first-order valence-electron chi connectivity index (χ1n) is 7.95. The van der Waals surface area contributed by atoms with E-state index in [1.54, 1.807) is 50.6 Å². The summed E-state index contributed by atoms with van der Waals surface area (Å²) in [4.78, 5) is 24.3. The monoisotopic (exact) mass is 342 g/mol. The van der Waals surface area contributed by atoms with E-state index >= 15 is 0 Å². The number of carbonyl (C=O) groups is 2. The number of benzene rings is 2. The lowest BCUT2D eigenvalue weighted by Gasteiger charge is -2.13. The molecule has 2 rings (SSSR count). The number of amides is 2. The van der Waals surface area contributed by atoms with Gasteiger partial charge in [0, 0.05) is 23.9 Å². The Morgan fingerprint density at radius 3 is 2.32 bits per heavy atom. The van der Waals surface area contributed by atoms with Gasteiger partial charge in [-0.25, -0.2) is 0 Å². The summed E-state index contributed by atoms with van der Waals surface area (Å²) in [6.45, 7) is 4.19. The van der Waals surface area contributed by atoms with Crippen LogP contribution in [0.2, 0.25) is 0 Å². The predicted molar refractivity (Wildman–Crippen MR) is 96.7 cm³/mol. The summed E-state index contributed by atoms with van der Waals surface area (Å²) in [7, 11) is 3.11. The van der Waals surface area contributed by atoms with Gasteiger partial charge in [0.05, 0.1) is 13.7 Å². The van der Waals surface area contributed by atoms with Gasteiger partial charge in [0.2, 0.25) is 0 Å². The third-order valence-electron chi connectivity index (χ3n) is 3.70. The molecule has 6 nitrogen and oxygen atoms in total. The summed E-state index contributed by atoms with van der Waals surface area (Å²) in [5.74, 6) is 0.573. The Labute approximate surface area is 147 Å². The quantitative estimate of drug-likeness (QED) is 0.846. The van der Waals surface area contributed by atoms with Crippen LogP contribution in [0.1, 0.15) is 33.2 Å². The molecule has 0 saturated heterocycles. The standard InChI is InChI=1S/C19H22N2O4/c1-5-25-17-11-14(8-9-16(17)24-4)19(23)21-15-10-13(18(22)20-3)7-6-12(15)2/h6-11H,5H2,1-4H3,(H,20,22)(H,21,23). The van der Waals surface area contributed by atoms with Crippen LogP contribution in [0.25, 0.3) is 0 Å². The first-order chi connectivity index (χ1) is 12.0. The van der Waals surface area contributed by atoms with Crippen LogP contribution < -0.4 is 20.1 Å². The molecule has 0 atom stereocenters. The molecular weight excluding hydrogens is 320 g/mol. The highest BCUT2D eigenvalue weighted by Gasteiger charge is 2.13. The van der Waals surface area contributed by atoms with Gasteiger partial charge in [-0.05, 0) is 49.7 Å². The van der Waals surface area contributed by atoms with E-state index in [1.807, 2.05) is 13.8 Å². The molecule has 0 spiro atoms. The Morgan fingerprint density at radius 1 is 1.00 bits per heavy atom. The van der Waals surface area contributed by atoms with E-state index in [0.29, 0.717) is 34.9 Å². The second-order valence-corrected chi connectivity index (χ2v) is 5.36. The highest BCUT2D eigenvalue weighted by Crippen LogP contribution is 2.28. The largest absolute Gasteiger partial charge is 0.493 e. The van der Waals surface area contributed by atoms with E-state index in [1.165, 1.54) is 0 Å². The number of ether oxygens (including phenoxy) is 2. The fraction of sp³-hybridized carbons (Fsp3) is 0.263. The van der Waals surface area contributed by atoms with Crippen LogP contribution in [0.5, 0.6) is 11.5 Å². The summed E-state index contributed by atoms with van der Waals surface area (Å²) in [6, 6.07) is 10.1. The van der Waals surface area contributed by atoms with Gasteiger partial charge in [0.15, 0.2) is 11.5 Å². The summed E-state index contributed by atoms with van der Waals surface area (Å²) in [5.41, 5.74) is 2.36. The molecule has 2 N–H and O–H groups in total. The van der Waals surface area contributed by atoms with Crippen LogP contribution in [-0.4, -0.2) is 32.6 Å². The molecule has 0 aromatic heterocycles. The lowest BCUT2D eigenvalue weighted by molar-refractivity contribution is 0.0961.